The minimum Gasteiger partial charge on any atom is -0.450 e. The van der Waals surface area contributed by atoms with E-state index in [0.29, 0.717) is 13.2 Å². The van der Waals surface area contributed by atoms with Crippen molar-refractivity contribution >= 4 is 6.09 Å². The Morgan fingerprint density at radius 2 is 2.47 bits per heavy atom. The van der Waals surface area contributed by atoms with Gasteiger partial charge in [0, 0.05) is 19.6 Å². The second-order valence-electron chi connectivity index (χ2n) is 3.69. The van der Waals surface area contributed by atoms with Gasteiger partial charge < -0.3 is 19.7 Å². The van der Waals surface area contributed by atoms with Gasteiger partial charge in [0.15, 0.2) is 0 Å². The maximum Gasteiger partial charge on any atom is 0.407 e. The zero-order valence-electron chi connectivity index (χ0n) is 9.49. The molecule has 0 bridgehead atoms. The second kappa shape index (κ2) is 6.63. The van der Waals surface area contributed by atoms with Crippen LogP contribution in [0.5, 0.6) is 0 Å². The van der Waals surface area contributed by atoms with E-state index in [2.05, 4.69) is 17.3 Å². The molecule has 0 spiro atoms. The molecule has 15 heavy (non-hydrogen) atoms. The third kappa shape index (κ3) is 4.99. The minimum atomic E-state index is -0.346. The first-order chi connectivity index (χ1) is 7.22. The zero-order valence-corrected chi connectivity index (χ0v) is 9.49. The first-order valence-electron chi connectivity index (χ1n) is 5.43. The Morgan fingerprint density at radius 1 is 1.67 bits per heavy atom. The lowest BCUT2D eigenvalue weighted by Crippen LogP contribution is -2.41. The molecular formula is C10H20N2O3. The number of likely N-dealkylation sites (N-methyl/N-ethyl adjacent to an activating group) is 1. The maximum atomic E-state index is 11.0. The normalized spacial score (nSPS) is 22.4. The Hall–Kier alpha value is -0.810. The van der Waals surface area contributed by atoms with E-state index in [1.54, 1.807) is 6.92 Å². The van der Waals surface area contributed by atoms with Crippen molar-refractivity contribution in [1.82, 2.24) is 10.2 Å². The number of hydrogen-bond donors (Lipinski definition) is 1. The van der Waals surface area contributed by atoms with Crippen molar-refractivity contribution < 1.29 is 14.3 Å². The van der Waals surface area contributed by atoms with E-state index in [1.165, 1.54) is 0 Å². The molecule has 0 aliphatic carbocycles. The molecule has 1 heterocycles. The summed E-state index contributed by atoms with van der Waals surface area (Å²) in [5, 5.41) is 2.69. The van der Waals surface area contributed by atoms with Crippen LogP contribution in [0.25, 0.3) is 0 Å². The van der Waals surface area contributed by atoms with E-state index in [1.807, 2.05) is 0 Å². The summed E-state index contributed by atoms with van der Waals surface area (Å²) in [4.78, 5) is 13.2. The highest BCUT2D eigenvalue weighted by Crippen LogP contribution is 2.05. The summed E-state index contributed by atoms with van der Waals surface area (Å²) in [6.07, 6.45) is 0.718. The summed E-state index contributed by atoms with van der Waals surface area (Å²) < 4.78 is 10.3. The van der Waals surface area contributed by atoms with E-state index < -0.39 is 0 Å². The molecule has 1 unspecified atom stereocenters. The van der Waals surface area contributed by atoms with Gasteiger partial charge >= 0.3 is 6.09 Å². The van der Waals surface area contributed by atoms with Gasteiger partial charge in [-0.15, -0.1) is 0 Å². The average molecular weight is 216 g/mol. The molecule has 1 aliphatic heterocycles. The molecule has 1 amide bonds. The molecular weight excluding hydrogens is 196 g/mol. The first kappa shape index (κ1) is 12.3. The molecule has 1 N–H and O–H groups in total. The van der Waals surface area contributed by atoms with Crippen molar-refractivity contribution in [3.8, 4) is 0 Å². The molecule has 88 valence electrons. The van der Waals surface area contributed by atoms with Gasteiger partial charge in [0.25, 0.3) is 0 Å². The summed E-state index contributed by atoms with van der Waals surface area (Å²) in [5.41, 5.74) is 0. The Balaban J connectivity index is 2.06. The van der Waals surface area contributed by atoms with E-state index in [0.717, 1.165) is 26.1 Å². The van der Waals surface area contributed by atoms with Gasteiger partial charge in [-0.1, -0.05) is 0 Å². The number of carbonyl (C=O) groups is 1. The van der Waals surface area contributed by atoms with Gasteiger partial charge in [0.2, 0.25) is 0 Å². The van der Waals surface area contributed by atoms with Crippen LogP contribution in [0.3, 0.4) is 0 Å². The van der Waals surface area contributed by atoms with Crippen LogP contribution in [0.1, 0.15) is 13.3 Å². The Morgan fingerprint density at radius 3 is 3.13 bits per heavy atom. The predicted octanol–water partition coefficient (Wildman–Crippen LogP) is 0.453. The highest BCUT2D eigenvalue weighted by atomic mass is 16.5. The number of alkyl carbamates (subject to hydrolysis) is 1. The molecule has 1 fully saturated rings. The molecule has 0 saturated carbocycles. The lowest BCUT2D eigenvalue weighted by atomic mass is 10.2. The molecule has 0 radical (unpaired) electrons. The molecule has 1 saturated heterocycles. The van der Waals surface area contributed by atoms with Crippen molar-refractivity contribution in [2.75, 3.05) is 39.9 Å². The number of amides is 1. The second-order valence-corrected chi connectivity index (χ2v) is 3.69. The van der Waals surface area contributed by atoms with E-state index in [4.69, 9.17) is 9.47 Å². The molecule has 1 atom stereocenters. The fourth-order valence-electron chi connectivity index (χ4n) is 1.56. The van der Waals surface area contributed by atoms with Crippen LogP contribution in [0, 0.1) is 0 Å². The number of rotatable bonds is 4. The molecule has 5 heteroatoms. The fourth-order valence-corrected chi connectivity index (χ4v) is 1.56. The Labute approximate surface area is 90.7 Å². The van der Waals surface area contributed by atoms with Gasteiger partial charge in [-0.2, -0.15) is 0 Å². The summed E-state index contributed by atoms with van der Waals surface area (Å²) in [5.74, 6) is 0. The number of nitrogens with one attached hydrogen (secondary N) is 1. The standard InChI is InChI=1S/C10H20N2O3/c1-3-14-10(13)11-5-4-9-8-12(2)6-7-15-9/h9H,3-8H2,1-2H3,(H,11,13). The number of nitrogens with zero attached hydrogens (tertiary/aromatic N) is 1. The van der Waals surface area contributed by atoms with Crippen LogP contribution < -0.4 is 5.32 Å². The zero-order chi connectivity index (χ0) is 11.1. The molecule has 0 aromatic rings. The third-order valence-corrected chi connectivity index (χ3v) is 2.35. The van der Waals surface area contributed by atoms with Crippen LogP contribution in [-0.2, 0) is 9.47 Å². The first-order valence-corrected chi connectivity index (χ1v) is 5.43. The quantitative estimate of drug-likeness (QED) is 0.741. The smallest absolute Gasteiger partial charge is 0.407 e. The van der Waals surface area contributed by atoms with Crippen LogP contribution in [0.2, 0.25) is 0 Å². The van der Waals surface area contributed by atoms with Crippen LogP contribution in [0.15, 0.2) is 0 Å². The minimum absolute atomic E-state index is 0.227. The number of ether oxygens (including phenoxy) is 2. The maximum absolute atomic E-state index is 11.0. The lowest BCUT2D eigenvalue weighted by molar-refractivity contribution is -0.0227. The molecule has 0 aromatic carbocycles. The molecule has 1 rings (SSSR count). The lowest BCUT2D eigenvalue weighted by Gasteiger charge is -2.29. The Bertz CT molecular complexity index is 199. The number of morpholine rings is 1. The predicted molar refractivity (Wildman–Crippen MR) is 56.9 cm³/mol. The monoisotopic (exact) mass is 216 g/mol. The number of hydrogen-bond acceptors (Lipinski definition) is 4. The Kier molecular flexibility index (Phi) is 5.42. The molecule has 0 aromatic heterocycles. The van der Waals surface area contributed by atoms with Gasteiger partial charge in [0.05, 0.1) is 19.3 Å². The topological polar surface area (TPSA) is 50.8 Å². The van der Waals surface area contributed by atoms with Gasteiger partial charge in [-0.25, -0.2) is 4.79 Å². The van der Waals surface area contributed by atoms with Crippen LogP contribution in [0.4, 0.5) is 4.79 Å². The van der Waals surface area contributed by atoms with Crippen LogP contribution >= 0.6 is 0 Å². The van der Waals surface area contributed by atoms with E-state index in [9.17, 15) is 4.79 Å². The summed E-state index contributed by atoms with van der Waals surface area (Å²) in [6.45, 7) is 5.51. The van der Waals surface area contributed by atoms with E-state index >= 15 is 0 Å². The largest absolute Gasteiger partial charge is 0.450 e. The van der Waals surface area contributed by atoms with Crippen LogP contribution in [-0.4, -0.2) is 57.0 Å². The van der Waals surface area contributed by atoms with Crippen molar-refractivity contribution in [3.63, 3.8) is 0 Å². The highest BCUT2D eigenvalue weighted by molar-refractivity contribution is 5.66. The number of carbonyl (C=O) groups excluding carboxylic acids is 1. The highest BCUT2D eigenvalue weighted by Gasteiger charge is 2.17. The van der Waals surface area contributed by atoms with Gasteiger partial charge in [-0.05, 0) is 20.4 Å². The molecule has 1 aliphatic rings. The van der Waals surface area contributed by atoms with E-state index in [-0.39, 0.29) is 12.2 Å². The summed E-state index contributed by atoms with van der Waals surface area (Å²) in [7, 11) is 2.08. The third-order valence-electron chi connectivity index (χ3n) is 2.35. The van der Waals surface area contributed by atoms with Crippen molar-refractivity contribution in [3.05, 3.63) is 0 Å². The van der Waals surface area contributed by atoms with Gasteiger partial charge in [0.1, 0.15) is 0 Å². The molecule has 5 nitrogen and oxygen atoms in total. The van der Waals surface area contributed by atoms with Crippen molar-refractivity contribution in [2.45, 2.75) is 19.4 Å². The average Bonchev–Trinajstić information content (AvgIpc) is 2.18. The van der Waals surface area contributed by atoms with Crippen molar-refractivity contribution in [1.29, 1.82) is 0 Å². The fraction of sp³-hybridized carbons (Fsp3) is 0.900. The summed E-state index contributed by atoms with van der Waals surface area (Å²) >= 11 is 0. The van der Waals surface area contributed by atoms with Crippen molar-refractivity contribution in [2.24, 2.45) is 0 Å². The summed E-state index contributed by atoms with van der Waals surface area (Å²) in [6, 6.07) is 0. The SMILES string of the molecule is CCOC(=O)NCCC1CN(C)CCO1. The van der Waals surface area contributed by atoms with Gasteiger partial charge in [-0.3, -0.25) is 0 Å².